The van der Waals surface area contributed by atoms with Gasteiger partial charge in [-0.3, -0.25) is 4.99 Å². The Morgan fingerprint density at radius 1 is 0.500 bits per heavy atom. The number of fused-ring (bicyclic) bond motifs is 6. The molecule has 5 nitrogen and oxygen atoms in total. The SMILES string of the molecule is c1ccc(C2=NC3c4ccccc4SC3C(c3cccc4c3sc3ccc(-c5nc(-c6ccccc6)nc(-c6ccccc6)n5)cc34)=N2)cc1. The van der Waals surface area contributed by atoms with Crippen molar-refractivity contribution >= 4 is 54.8 Å². The van der Waals surface area contributed by atoms with Gasteiger partial charge in [0, 0.05) is 52.9 Å². The summed E-state index contributed by atoms with van der Waals surface area (Å²) in [6.07, 6.45) is 0. The maximum atomic E-state index is 5.34. The molecule has 2 aromatic heterocycles. The maximum absolute atomic E-state index is 5.34. The zero-order valence-corrected chi connectivity index (χ0v) is 28.3. The van der Waals surface area contributed by atoms with Crippen LogP contribution in [0.4, 0.5) is 0 Å². The van der Waals surface area contributed by atoms with Crippen molar-refractivity contribution in [2.24, 2.45) is 9.98 Å². The number of rotatable bonds is 5. The third kappa shape index (κ3) is 4.97. The van der Waals surface area contributed by atoms with Gasteiger partial charge >= 0.3 is 0 Å². The number of amidine groups is 1. The zero-order chi connectivity index (χ0) is 33.0. The molecule has 6 aromatic carbocycles. The first-order valence-corrected chi connectivity index (χ1v) is 18.3. The van der Waals surface area contributed by atoms with E-state index in [2.05, 4.69) is 84.9 Å². The number of hydrogen-bond acceptors (Lipinski definition) is 7. The lowest BCUT2D eigenvalue weighted by Gasteiger charge is -2.24. The molecule has 236 valence electrons. The van der Waals surface area contributed by atoms with Crippen LogP contribution in [0.5, 0.6) is 0 Å². The Morgan fingerprint density at radius 2 is 1.12 bits per heavy atom. The fourth-order valence-electron chi connectivity index (χ4n) is 6.89. The molecule has 0 amide bonds. The monoisotopic (exact) mass is 677 g/mol. The second-order valence-corrected chi connectivity index (χ2v) is 14.6. The van der Waals surface area contributed by atoms with Gasteiger partial charge in [0.2, 0.25) is 0 Å². The number of aliphatic imine (C=N–C) groups is 2. The predicted octanol–water partition coefficient (Wildman–Crippen LogP) is 10.7. The molecule has 0 saturated carbocycles. The molecule has 2 aliphatic heterocycles. The van der Waals surface area contributed by atoms with Gasteiger partial charge in [0.25, 0.3) is 0 Å². The largest absolute Gasteiger partial charge is 0.256 e. The van der Waals surface area contributed by atoms with Crippen LogP contribution in [0.2, 0.25) is 0 Å². The molecule has 0 saturated heterocycles. The normalized spacial score (nSPS) is 16.6. The third-order valence-corrected chi connectivity index (χ3v) is 11.9. The lowest BCUT2D eigenvalue weighted by atomic mass is 9.94. The minimum atomic E-state index is 0.0107. The second kappa shape index (κ2) is 12.0. The standard InChI is InChI=1S/C43H27N5S2/c1-4-13-26(14-5-1)40-44-36-31-19-10-11-22-34(31)50-39(36)37(45-40)32-21-12-20-30-33-25-29(23-24-35(33)49-38(30)32)43-47-41(27-15-6-2-7-16-27)46-42(48-43)28-17-8-3-9-18-28/h1-25,36,39H. The number of thiophene rings is 1. The van der Waals surface area contributed by atoms with Crippen LogP contribution in [0, 0.1) is 0 Å². The number of hydrogen-bond donors (Lipinski definition) is 0. The molecule has 2 atom stereocenters. The van der Waals surface area contributed by atoms with Crippen molar-refractivity contribution in [1.82, 2.24) is 15.0 Å². The highest BCUT2D eigenvalue weighted by Crippen LogP contribution is 2.50. The number of benzene rings is 6. The van der Waals surface area contributed by atoms with Crippen LogP contribution < -0.4 is 0 Å². The van der Waals surface area contributed by atoms with Gasteiger partial charge in [-0.1, -0.05) is 127 Å². The first kappa shape index (κ1) is 29.2. The van der Waals surface area contributed by atoms with Crippen LogP contribution in [0.15, 0.2) is 167 Å². The van der Waals surface area contributed by atoms with Crippen LogP contribution in [0.25, 0.3) is 54.3 Å². The van der Waals surface area contributed by atoms with E-state index in [0.717, 1.165) is 33.8 Å². The summed E-state index contributed by atoms with van der Waals surface area (Å²) >= 11 is 3.70. The molecule has 4 heterocycles. The Hall–Kier alpha value is -5.76. The molecule has 0 fully saturated rings. The van der Waals surface area contributed by atoms with Gasteiger partial charge < -0.3 is 0 Å². The van der Waals surface area contributed by atoms with Crippen molar-refractivity contribution in [2.75, 3.05) is 0 Å². The van der Waals surface area contributed by atoms with Crippen molar-refractivity contribution in [1.29, 1.82) is 0 Å². The van der Waals surface area contributed by atoms with Crippen molar-refractivity contribution in [2.45, 2.75) is 16.2 Å². The topological polar surface area (TPSA) is 63.4 Å². The smallest absolute Gasteiger partial charge is 0.164 e. The molecule has 8 aromatic rings. The van der Waals surface area contributed by atoms with Gasteiger partial charge in [-0.15, -0.1) is 23.1 Å². The Labute approximate surface area is 297 Å². The van der Waals surface area contributed by atoms with E-state index in [0.29, 0.717) is 17.5 Å². The highest BCUT2D eigenvalue weighted by molar-refractivity contribution is 8.01. The molecule has 10 rings (SSSR count). The van der Waals surface area contributed by atoms with Crippen molar-refractivity contribution in [3.8, 4) is 34.2 Å². The van der Waals surface area contributed by atoms with E-state index in [1.165, 1.54) is 36.2 Å². The van der Waals surface area contributed by atoms with Crippen molar-refractivity contribution in [3.05, 3.63) is 168 Å². The summed E-state index contributed by atoms with van der Waals surface area (Å²) in [5.41, 5.74) is 7.43. The second-order valence-electron chi connectivity index (χ2n) is 12.4. The first-order valence-electron chi connectivity index (χ1n) is 16.6. The maximum Gasteiger partial charge on any atom is 0.164 e. The van der Waals surface area contributed by atoms with E-state index in [9.17, 15) is 0 Å². The summed E-state index contributed by atoms with van der Waals surface area (Å²) in [5, 5.41) is 2.48. The van der Waals surface area contributed by atoms with Crippen molar-refractivity contribution in [3.63, 3.8) is 0 Å². The average molecular weight is 678 g/mol. The number of thioether (sulfide) groups is 1. The highest BCUT2D eigenvalue weighted by atomic mass is 32.2. The van der Waals surface area contributed by atoms with Crippen LogP contribution in [0.1, 0.15) is 22.7 Å². The van der Waals surface area contributed by atoms with E-state index in [4.69, 9.17) is 24.9 Å². The van der Waals surface area contributed by atoms with Crippen LogP contribution in [-0.2, 0) is 0 Å². The predicted molar refractivity (Wildman–Crippen MR) is 207 cm³/mol. The highest BCUT2D eigenvalue weighted by Gasteiger charge is 2.40. The van der Waals surface area contributed by atoms with Gasteiger partial charge in [-0.2, -0.15) is 0 Å². The molecule has 0 aliphatic carbocycles. The average Bonchev–Trinajstić information content (AvgIpc) is 3.77. The van der Waals surface area contributed by atoms with Gasteiger partial charge in [0.05, 0.1) is 17.0 Å². The van der Waals surface area contributed by atoms with E-state index in [1.54, 1.807) is 0 Å². The van der Waals surface area contributed by atoms with E-state index >= 15 is 0 Å². The lowest BCUT2D eigenvalue weighted by Crippen LogP contribution is -2.28. The molecule has 50 heavy (non-hydrogen) atoms. The third-order valence-electron chi connectivity index (χ3n) is 9.30. The summed E-state index contributed by atoms with van der Waals surface area (Å²) in [7, 11) is 0. The fraction of sp³-hybridized carbons (Fsp3) is 0.0465. The van der Waals surface area contributed by atoms with Crippen LogP contribution in [0.3, 0.4) is 0 Å². The summed E-state index contributed by atoms with van der Waals surface area (Å²) in [6, 6.07) is 52.4. The Morgan fingerprint density at radius 3 is 1.82 bits per heavy atom. The van der Waals surface area contributed by atoms with Crippen LogP contribution >= 0.6 is 23.1 Å². The summed E-state index contributed by atoms with van der Waals surface area (Å²) in [5.74, 6) is 2.75. The molecule has 2 unspecified atom stereocenters. The minimum absolute atomic E-state index is 0.0107. The molecular weight excluding hydrogens is 651 g/mol. The van der Waals surface area contributed by atoms with E-state index in [1.807, 2.05) is 89.8 Å². The van der Waals surface area contributed by atoms with Gasteiger partial charge in [0.15, 0.2) is 23.3 Å². The van der Waals surface area contributed by atoms with E-state index in [-0.39, 0.29) is 11.3 Å². The first-order chi connectivity index (χ1) is 24.8. The molecule has 2 aliphatic rings. The molecule has 0 radical (unpaired) electrons. The molecular formula is C43H27N5S2. The molecule has 0 N–H and O–H groups in total. The van der Waals surface area contributed by atoms with E-state index < -0.39 is 0 Å². The molecule has 0 bridgehead atoms. The Balaban J connectivity index is 1.12. The summed E-state index contributed by atoms with van der Waals surface area (Å²) < 4.78 is 2.44. The Bertz CT molecular complexity index is 2570. The fourth-order valence-corrected chi connectivity index (χ4v) is 9.48. The van der Waals surface area contributed by atoms with Crippen molar-refractivity contribution < 1.29 is 0 Å². The summed E-state index contributed by atoms with van der Waals surface area (Å²) in [4.78, 5) is 26.8. The van der Waals surface area contributed by atoms with Gasteiger partial charge in [0.1, 0.15) is 0 Å². The number of nitrogens with zero attached hydrogens (tertiary/aromatic N) is 5. The molecule has 0 spiro atoms. The minimum Gasteiger partial charge on any atom is -0.256 e. The quantitative estimate of drug-likeness (QED) is 0.182. The van der Waals surface area contributed by atoms with Gasteiger partial charge in [-0.25, -0.2) is 19.9 Å². The number of aromatic nitrogens is 3. The zero-order valence-electron chi connectivity index (χ0n) is 26.6. The van der Waals surface area contributed by atoms with Gasteiger partial charge in [-0.05, 0) is 29.8 Å². The van der Waals surface area contributed by atoms with Crippen LogP contribution in [-0.4, -0.2) is 31.7 Å². The molecule has 7 heteroatoms. The summed E-state index contributed by atoms with van der Waals surface area (Å²) in [6.45, 7) is 0. The lowest BCUT2D eigenvalue weighted by molar-refractivity contribution is 0.773. The Kier molecular flexibility index (Phi) is 6.99.